The van der Waals surface area contributed by atoms with E-state index in [0.29, 0.717) is 42.4 Å². The van der Waals surface area contributed by atoms with Crippen LogP contribution >= 0.6 is 0 Å². The van der Waals surface area contributed by atoms with Crippen molar-refractivity contribution in [2.24, 2.45) is 11.3 Å². The molecular formula is C24H27N5O3. The summed E-state index contributed by atoms with van der Waals surface area (Å²) in [7, 11) is 0. The molecule has 2 amide bonds. The lowest BCUT2D eigenvalue weighted by Crippen LogP contribution is -2.40. The minimum absolute atomic E-state index is 0.0415. The molecule has 2 aromatic heterocycles. The molecule has 2 aliphatic heterocycles. The third-order valence-electron chi connectivity index (χ3n) is 6.89. The van der Waals surface area contributed by atoms with Crippen molar-refractivity contribution in [1.82, 2.24) is 25.7 Å². The second-order valence-electron chi connectivity index (χ2n) is 8.74. The highest BCUT2D eigenvalue weighted by atomic mass is 16.3. The summed E-state index contributed by atoms with van der Waals surface area (Å²) in [6.07, 6.45) is 13.8. The maximum Gasteiger partial charge on any atom is 0.287 e. The number of piperidine rings is 1. The highest BCUT2D eigenvalue weighted by molar-refractivity contribution is 5.96. The Balaban J connectivity index is 1.14. The third-order valence-corrected chi connectivity index (χ3v) is 6.89. The Morgan fingerprint density at radius 1 is 1.38 bits per heavy atom. The number of hydrogen-bond donors (Lipinski definition) is 3. The standard InChI is InChI=1S/C24H27N5O3/c1-2-3-4-17-13-27-28-21(17)23(31)29-9-6-24(7-10-29)12-18(24)14-26-22(30)19-11-16-5-8-25-15-20(16)32-19/h2-5,11,13,15,18,25H,1,6-10,12,14H2,(H,26,30)(H,27,28)/b4-3-. The first-order chi connectivity index (χ1) is 15.6. The van der Waals surface area contributed by atoms with E-state index < -0.39 is 0 Å². The minimum atomic E-state index is -0.172. The van der Waals surface area contributed by atoms with Crippen LogP contribution in [0.25, 0.3) is 18.4 Å². The lowest BCUT2D eigenvalue weighted by molar-refractivity contribution is 0.0662. The van der Waals surface area contributed by atoms with Gasteiger partial charge in [0.05, 0.1) is 0 Å². The van der Waals surface area contributed by atoms with Crippen LogP contribution < -0.4 is 21.3 Å². The molecule has 0 radical (unpaired) electrons. The molecule has 8 heteroatoms. The second-order valence-corrected chi connectivity index (χ2v) is 8.74. The van der Waals surface area contributed by atoms with Gasteiger partial charge in [-0.2, -0.15) is 5.10 Å². The second kappa shape index (κ2) is 8.18. The number of rotatable bonds is 6. The molecular weight excluding hydrogens is 406 g/mol. The molecule has 1 unspecified atom stereocenters. The van der Waals surface area contributed by atoms with Crippen LogP contribution in [-0.2, 0) is 0 Å². The number of likely N-dealkylation sites (tertiary alicyclic amines) is 1. The normalized spacial score (nSPS) is 20.8. The van der Waals surface area contributed by atoms with Crippen molar-refractivity contribution < 1.29 is 14.0 Å². The molecule has 3 N–H and O–H groups in total. The van der Waals surface area contributed by atoms with E-state index in [9.17, 15) is 9.59 Å². The number of hydrogen-bond acceptors (Lipinski definition) is 5. The molecule has 2 fully saturated rings. The fourth-order valence-electron chi connectivity index (χ4n) is 4.83. The van der Waals surface area contributed by atoms with E-state index in [1.54, 1.807) is 30.6 Å². The van der Waals surface area contributed by atoms with Crippen LogP contribution in [0.1, 0.15) is 45.9 Å². The van der Waals surface area contributed by atoms with Crippen molar-refractivity contribution in [1.29, 1.82) is 0 Å². The number of H-pyrrole nitrogens is 1. The molecule has 8 nitrogen and oxygen atoms in total. The van der Waals surface area contributed by atoms with Crippen molar-refractivity contribution in [2.75, 3.05) is 26.2 Å². The van der Waals surface area contributed by atoms with Crippen LogP contribution in [-0.4, -0.2) is 53.1 Å². The van der Waals surface area contributed by atoms with Gasteiger partial charge in [0.2, 0.25) is 0 Å². The van der Waals surface area contributed by atoms with Gasteiger partial charge < -0.3 is 20.0 Å². The maximum absolute atomic E-state index is 12.9. The van der Waals surface area contributed by atoms with E-state index in [0.717, 1.165) is 36.6 Å². The molecule has 4 heterocycles. The first-order valence-electron chi connectivity index (χ1n) is 11.0. The van der Waals surface area contributed by atoms with E-state index in [4.69, 9.17) is 4.42 Å². The number of carbonyl (C=O) groups excluding carboxylic acids is 2. The first kappa shape index (κ1) is 20.4. The van der Waals surface area contributed by atoms with Gasteiger partial charge in [-0.3, -0.25) is 14.7 Å². The van der Waals surface area contributed by atoms with E-state index in [1.807, 2.05) is 17.1 Å². The quantitative estimate of drug-likeness (QED) is 0.590. The summed E-state index contributed by atoms with van der Waals surface area (Å²) in [5.74, 6) is 0.584. The number of aromatic nitrogens is 2. The van der Waals surface area contributed by atoms with Gasteiger partial charge >= 0.3 is 0 Å². The van der Waals surface area contributed by atoms with Crippen LogP contribution in [0.2, 0.25) is 0 Å². The average molecular weight is 434 g/mol. The number of allylic oxidation sites excluding steroid dienone is 2. The molecule has 32 heavy (non-hydrogen) atoms. The Labute approximate surface area is 185 Å². The van der Waals surface area contributed by atoms with Crippen molar-refractivity contribution in [3.05, 3.63) is 58.6 Å². The number of amides is 2. The van der Waals surface area contributed by atoms with Gasteiger partial charge in [-0.1, -0.05) is 30.9 Å². The zero-order valence-electron chi connectivity index (χ0n) is 17.9. The monoisotopic (exact) mass is 433 g/mol. The average Bonchev–Trinajstić information content (AvgIpc) is 3.16. The number of nitrogens with one attached hydrogen (secondary N) is 3. The van der Waals surface area contributed by atoms with Gasteiger partial charge in [0.25, 0.3) is 11.8 Å². The van der Waals surface area contributed by atoms with Crippen molar-refractivity contribution >= 4 is 30.2 Å². The summed E-state index contributed by atoms with van der Waals surface area (Å²) in [6, 6.07) is 1.79. The molecule has 166 valence electrons. The number of furan rings is 1. The summed E-state index contributed by atoms with van der Waals surface area (Å²) >= 11 is 0. The van der Waals surface area contributed by atoms with Gasteiger partial charge in [-0.05, 0) is 36.7 Å². The molecule has 1 spiro atoms. The third kappa shape index (κ3) is 3.77. The Morgan fingerprint density at radius 3 is 3.00 bits per heavy atom. The lowest BCUT2D eigenvalue weighted by Gasteiger charge is -2.32. The molecule has 2 aromatic rings. The Kier molecular flexibility index (Phi) is 5.20. The number of carbonyl (C=O) groups is 2. The van der Waals surface area contributed by atoms with Crippen molar-refractivity contribution in [2.45, 2.75) is 19.3 Å². The highest BCUT2D eigenvalue weighted by Crippen LogP contribution is 2.59. The summed E-state index contributed by atoms with van der Waals surface area (Å²) < 4.78 is 5.64. The summed E-state index contributed by atoms with van der Waals surface area (Å²) in [4.78, 5) is 27.3. The minimum Gasteiger partial charge on any atom is -0.449 e. The Morgan fingerprint density at radius 2 is 2.22 bits per heavy atom. The first-order valence-corrected chi connectivity index (χ1v) is 11.0. The lowest BCUT2D eigenvalue weighted by atomic mass is 9.90. The van der Waals surface area contributed by atoms with Gasteiger partial charge in [0.15, 0.2) is 11.5 Å². The van der Waals surface area contributed by atoms with Crippen LogP contribution in [0.4, 0.5) is 0 Å². The van der Waals surface area contributed by atoms with Gasteiger partial charge in [-0.25, -0.2) is 0 Å². The number of fused-ring (bicyclic) bond motifs is 1. The van der Waals surface area contributed by atoms with Crippen molar-refractivity contribution in [3.63, 3.8) is 0 Å². The van der Waals surface area contributed by atoms with Crippen LogP contribution in [0.5, 0.6) is 0 Å². The molecule has 5 rings (SSSR count). The van der Waals surface area contributed by atoms with Crippen LogP contribution in [0.15, 0.2) is 35.4 Å². The molecule has 1 saturated carbocycles. The predicted molar refractivity (Wildman–Crippen MR) is 121 cm³/mol. The highest BCUT2D eigenvalue weighted by Gasteiger charge is 2.55. The largest absolute Gasteiger partial charge is 0.449 e. The molecule has 1 aliphatic carbocycles. The number of nitrogens with zero attached hydrogens (tertiary/aromatic N) is 2. The SMILES string of the molecule is C=C/C=C\c1c[nH]nc1C(=O)N1CCC2(CC1)CC2CNC(=O)c1cc2c(o1)=CNCC=2. The molecule has 0 bridgehead atoms. The van der Waals surface area contributed by atoms with E-state index in [2.05, 4.69) is 27.4 Å². The van der Waals surface area contributed by atoms with Gasteiger partial charge in [0, 0.05) is 49.4 Å². The Hall–Kier alpha value is -3.55. The molecule has 1 saturated heterocycles. The predicted octanol–water partition coefficient (Wildman–Crippen LogP) is 0.996. The summed E-state index contributed by atoms with van der Waals surface area (Å²) in [5.41, 5.74) is 2.15. The van der Waals surface area contributed by atoms with E-state index in [1.165, 1.54) is 0 Å². The maximum atomic E-state index is 12.9. The fraction of sp³-hybridized carbons (Fsp3) is 0.375. The fourth-order valence-corrected chi connectivity index (χ4v) is 4.83. The van der Waals surface area contributed by atoms with Crippen molar-refractivity contribution in [3.8, 4) is 0 Å². The van der Waals surface area contributed by atoms with E-state index in [-0.39, 0.29) is 17.2 Å². The Bertz CT molecular complexity index is 1160. The molecule has 0 aromatic carbocycles. The zero-order chi connectivity index (χ0) is 22.1. The number of aromatic amines is 1. The molecule has 1 atom stereocenters. The van der Waals surface area contributed by atoms with E-state index >= 15 is 0 Å². The van der Waals surface area contributed by atoms with Gasteiger partial charge in [-0.15, -0.1) is 0 Å². The smallest absolute Gasteiger partial charge is 0.287 e. The summed E-state index contributed by atoms with van der Waals surface area (Å²) in [6.45, 7) is 6.47. The van der Waals surface area contributed by atoms with Gasteiger partial charge in [0.1, 0.15) is 5.42 Å². The van der Waals surface area contributed by atoms with Crippen LogP contribution in [0.3, 0.4) is 0 Å². The molecule has 3 aliphatic rings. The van der Waals surface area contributed by atoms with Crippen LogP contribution in [0, 0.1) is 11.3 Å². The topological polar surface area (TPSA) is 103 Å². The zero-order valence-corrected chi connectivity index (χ0v) is 17.9. The summed E-state index contributed by atoms with van der Waals surface area (Å²) in [5, 5.41) is 14.0.